The van der Waals surface area contributed by atoms with Gasteiger partial charge in [-0.3, -0.25) is 9.59 Å². The Morgan fingerprint density at radius 1 is 1.42 bits per heavy atom. The maximum absolute atomic E-state index is 12.1. The van der Waals surface area contributed by atoms with Gasteiger partial charge in [0, 0.05) is 7.05 Å². The minimum absolute atomic E-state index is 0.399. The van der Waals surface area contributed by atoms with Gasteiger partial charge in [-0.25, -0.2) is 0 Å². The first-order valence-corrected chi connectivity index (χ1v) is 6.01. The van der Waals surface area contributed by atoms with Crippen LogP contribution >= 0.6 is 0 Å². The summed E-state index contributed by atoms with van der Waals surface area (Å²) in [5.74, 6) is -2.18. The molecule has 0 aliphatic carbocycles. The lowest BCUT2D eigenvalue weighted by atomic mass is 9.80. The van der Waals surface area contributed by atoms with Crippen LogP contribution in [0.2, 0.25) is 0 Å². The van der Waals surface area contributed by atoms with E-state index in [1.54, 1.807) is 39.3 Å². The molecule has 7 nitrogen and oxygen atoms in total. The molecule has 1 rings (SSSR count). The Balaban J connectivity index is 2.84. The fraction of sp³-hybridized carbons (Fsp3) is 0.667. The van der Waals surface area contributed by atoms with Crippen LogP contribution in [0.1, 0.15) is 39.6 Å². The molecule has 0 bridgehead atoms. The Kier molecular flexibility index (Phi) is 4.28. The number of carbonyl (C=O) groups excluding carboxylic acids is 1. The lowest BCUT2D eigenvalue weighted by Gasteiger charge is -2.27. The van der Waals surface area contributed by atoms with Gasteiger partial charge in [-0.1, -0.05) is 20.8 Å². The number of aryl methyl sites for hydroxylation is 1. The first-order chi connectivity index (χ1) is 8.64. The number of nitrogens with zero attached hydrogens (tertiary/aromatic N) is 3. The first-order valence-electron chi connectivity index (χ1n) is 6.01. The highest BCUT2D eigenvalue weighted by Gasteiger charge is 2.38. The molecule has 1 aromatic heterocycles. The Morgan fingerprint density at radius 3 is 2.37 bits per heavy atom. The molecule has 0 saturated heterocycles. The molecule has 7 heteroatoms. The van der Waals surface area contributed by atoms with Gasteiger partial charge in [-0.05, 0) is 12.3 Å². The second kappa shape index (κ2) is 5.38. The van der Waals surface area contributed by atoms with E-state index in [0.29, 0.717) is 5.82 Å². The lowest BCUT2D eigenvalue weighted by molar-refractivity contribution is -0.151. The van der Waals surface area contributed by atoms with Crippen LogP contribution in [0.3, 0.4) is 0 Å². The number of nitrogens with one attached hydrogen (secondary N) is 1. The quantitative estimate of drug-likeness (QED) is 0.785. The predicted molar refractivity (Wildman–Crippen MR) is 68.1 cm³/mol. The van der Waals surface area contributed by atoms with Gasteiger partial charge in [0.2, 0.25) is 5.91 Å². The van der Waals surface area contributed by atoms with Crippen molar-refractivity contribution in [3.05, 3.63) is 12.2 Å². The highest BCUT2D eigenvalue weighted by Crippen LogP contribution is 2.27. The molecule has 2 atom stereocenters. The summed E-state index contributed by atoms with van der Waals surface area (Å²) in [5, 5.41) is 19.5. The van der Waals surface area contributed by atoms with E-state index in [0.717, 1.165) is 0 Å². The van der Waals surface area contributed by atoms with Crippen LogP contribution in [0.4, 0.5) is 0 Å². The van der Waals surface area contributed by atoms with Gasteiger partial charge in [0.25, 0.3) is 0 Å². The second-order valence-corrected chi connectivity index (χ2v) is 5.67. The fourth-order valence-electron chi connectivity index (χ4n) is 1.92. The van der Waals surface area contributed by atoms with Gasteiger partial charge in [-0.15, -0.1) is 10.2 Å². The summed E-state index contributed by atoms with van der Waals surface area (Å²) in [6.45, 7) is 6.90. The number of carboxylic acids is 1. The zero-order chi connectivity index (χ0) is 14.8. The minimum Gasteiger partial charge on any atom is -0.481 e. The van der Waals surface area contributed by atoms with Gasteiger partial charge in [0.15, 0.2) is 5.82 Å². The van der Waals surface area contributed by atoms with Gasteiger partial charge in [0.1, 0.15) is 12.2 Å². The molecule has 0 aliphatic heterocycles. The molecule has 2 unspecified atom stereocenters. The van der Waals surface area contributed by atoms with Crippen LogP contribution in [0.25, 0.3) is 0 Å². The summed E-state index contributed by atoms with van der Waals surface area (Å²) >= 11 is 0. The lowest BCUT2D eigenvalue weighted by Crippen LogP contribution is -2.43. The average Bonchev–Trinajstić information content (AvgIpc) is 2.60. The third kappa shape index (κ3) is 3.52. The van der Waals surface area contributed by atoms with Crippen LogP contribution < -0.4 is 5.32 Å². The van der Waals surface area contributed by atoms with E-state index in [1.807, 2.05) is 0 Å². The molecule has 19 heavy (non-hydrogen) atoms. The number of carbonyl (C=O) groups is 2. The molecule has 1 amide bonds. The van der Waals surface area contributed by atoms with Gasteiger partial charge in [0.05, 0.1) is 6.04 Å². The maximum Gasteiger partial charge on any atom is 0.316 e. The molecule has 106 valence electrons. The van der Waals surface area contributed by atoms with Crippen molar-refractivity contribution < 1.29 is 14.7 Å². The molecular weight excluding hydrogens is 248 g/mol. The van der Waals surface area contributed by atoms with Crippen molar-refractivity contribution in [1.29, 1.82) is 0 Å². The molecule has 0 aromatic carbocycles. The minimum atomic E-state index is -1.13. The summed E-state index contributed by atoms with van der Waals surface area (Å²) in [7, 11) is 1.76. The summed E-state index contributed by atoms with van der Waals surface area (Å²) in [6.07, 6.45) is 1.52. The predicted octanol–water partition coefficient (Wildman–Crippen LogP) is 0.739. The molecule has 1 heterocycles. The first kappa shape index (κ1) is 15.1. The van der Waals surface area contributed by atoms with Crippen LogP contribution in [0, 0.1) is 11.3 Å². The molecular formula is C12H20N4O3. The summed E-state index contributed by atoms with van der Waals surface area (Å²) in [5.41, 5.74) is -0.657. The number of amides is 1. The third-order valence-electron chi connectivity index (χ3n) is 2.87. The highest BCUT2D eigenvalue weighted by molar-refractivity contribution is 5.97. The SMILES string of the molecule is CC(NC(=O)C(C(=O)O)C(C)(C)C)c1nncn1C. The molecule has 0 radical (unpaired) electrons. The Hall–Kier alpha value is -1.92. The van der Waals surface area contributed by atoms with Crippen LogP contribution in [0.15, 0.2) is 6.33 Å². The van der Waals surface area contributed by atoms with Crippen molar-refractivity contribution in [3.8, 4) is 0 Å². The number of hydrogen-bond donors (Lipinski definition) is 2. The Bertz CT molecular complexity index is 476. The summed E-state index contributed by atoms with van der Waals surface area (Å²) in [6, 6.07) is -0.399. The van der Waals surface area contributed by atoms with E-state index in [4.69, 9.17) is 0 Å². The number of hydrogen-bond acceptors (Lipinski definition) is 4. The van der Waals surface area contributed by atoms with E-state index in [2.05, 4.69) is 15.5 Å². The van der Waals surface area contributed by atoms with Crippen LogP contribution in [-0.4, -0.2) is 31.7 Å². The van der Waals surface area contributed by atoms with Gasteiger partial charge < -0.3 is 15.0 Å². The molecule has 0 saturated carbocycles. The zero-order valence-electron chi connectivity index (χ0n) is 11.8. The highest BCUT2D eigenvalue weighted by atomic mass is 16.4. The van der Waals surface area contributed by atoms with Gasteiger partial charge in [-0.2, -0.15) is 0 Å². The van der Waals surface area contributed by atoms with Crippen molar-refractivity contribution in [2.75, 3.05) is 0 Å². The van der Waals surface area contributed by atoms with E-state index in [9.17, 15) is 14.7 Å². The summed E-state index contributed by atoms with van der Waals surface area (Å²) < 4.78 is 1.68. The molecule has 0 spiro atoms. The summed E-state index contributed by atoms with van der Waals surface area (Å²) in [4.78, 5) is 23.3. The topological polar surface area (TPSA) is 97.1 Å². The van der Waals surface area contributed by atoms with Crippen molar-refractivity contribution >= 4 is 11.9 Å². The Labute approximate surface area is 112 Å². The monoisotopic (exact) mass is 268 g/mol. The van der Waals surface area contributed by atoms with Crippen LogP contribution in [0.5, 0.6) is 0 Å². The number of rotatable bonds is 4. The van der Waals surface area contributed by atoms with E-state index < -0.39 is 29.3 Å². The fourth-order valence-corrected chi connectivity index (χ4v) is 1.92. The van der Waals surface area contributed by atoms with E-state index in [1.165, 1.54) is 6.33 Å². The van der Waals surface area contributed by atoms with Gasteiger partial charge >= 0.3 is 5.97 Å². The molecule has 1 aromatic rings. The van der Waals surface area contributed by atoms with Crippen molar-refractivity contribution in [3.63, 3.8) is 0 Å². The molecule has 2 N–H and O–H groups in total. The number of aliphatic carboxylic acids is 1. The molecule has 0 fully saturated rings. The van der Waals surface area contributed by atoms with Crippen molar-refractivity contribution in [1.82, 2.24) is 20.1 Å². The normalized spacial score (nSPS) is 14.8. The Morgan fingerprint density at radius 2 is 2.00 bits per heavy atom. The smallest absolute Gasteiger partial charge is 0.316 e. The van der Waals surface area contributed by atoms with Crippen molar-refractivity contribution in [2.45, 2.75) is 33.7 Å². The van der Waals surface area contributed by atoms with Crippen molar-refractivity contribution in [2.24, 2.45) is 18.4 Å². The second-order valence-electron chi connectivity index (χ2n) is 5.67. The maximum atomic E-state index is 12.1. The third-order valence-corrected chi connectivity index (χ3v) is 2.87. The van der Waals surface area contributed by atoms with E-state index >= 15 is 0 Å². The van der Waals surface area contributed by atoms with E-state index in [-0.39, 0.29) is 0 Å². The number of carboxylic acid groups (broad SMARTS) is 1. The average molecular weight is 268 g/mol. The zero-order valence-corrected chi connectivity index (χ0v) is 11.8. The standard InChI is InChI=1S/C12H20N4O3/c1-7(9-15-13-6-16(9)5)14-10(17)8(11(18)19)12(2,3)4/h6-8H,1-5H3,(H,14,17)(H,18,19). The number of aromatic nitrogens is 3. The molecule has 0 aliphatic rings. The van der Waals surface area contributed by atoms with Crippen LogP contribution in [-0.2, 0) is 16.6 Å². The largest absolute Gasteiger partial charge is 0.481 e.